The molecule has 27 heavy (non-hydrogen) atoms. The molecule has 1 fully saturated rings. The molecular weight excluding hydrogens is 374 g/mol. The SMILES string of the molecule is C=C(CCC(C)C1=NC2=CCC(NC3CC3)C(C(F)(F)F)C2O1)C(F)(F)F. The Morgan fingerprint density at radius 3 is 2.52 bits per heavy atom. The van der Waals surface area contributed by atoms with E-state index in [1.165, 1.54) is 0 Å². The van der Waals surface area contributed by atoms with Gasteiger partial charge in [-0.05, 0) is 32.1 Å². The van der Waals surface area contributed by atoms with Gasteiger partial charge in [-0.15, -0.1) is 0 Å². The molecule has 1 saturated carbocycles. The monoisotopic (exact) mass is 396 g/mol. The predicted octanol–water partition coefficient (Wildman–Crippen LogP) is 4.91. The number of allylic oxidation sites excluding steroid dienone is 1. The van der Waals surface area contributed by atoms with Gasteiger partial charge in [-0.1, -0.05) is 19.6 Å². The summed E-state index contributed by atoms with van der Waals surface area (Å²) in [6.07, 6.45) is -6.86. The van der Waals surface area contributed by atoms with Crippen LogP contribution in [0.5, 0.6) is 0 Å². The Hall–Kier alpha value is -1.51. The molecule has 0 bridgehead atoms. The molecule has 4 unspecified atom stereocenters. The van der Waals surface area contributed by atoms with E-state index in [1.54, 1.807) is 13.0 Å². The van der Waals surface area contributed by atoms with Crippen molar-refractivity contribution in [3.63, 3.8) is 0 Å². The van der Waals surface area contributed by atoms with Crippen LogP contribution in [0.2, 0.25) is 0 Å². The van der Waals surface area contributed by atoms with Crippen molar-refractivity contribution in [2.45, 2.75) is 69.6 Å². The maximum Gasteiger partial charge on any atom is 0.412 e. The number of nitrogens with zero attached hydrogens (tertiary/aromatic N) is 1. The molecule has 1 heterocycles. The number of nitrogens with one attached hydrogen (secondary N) is 1. The Bertz CT molecular complexity index is 647. The van der Waals surface area contributed by atoms with Crippen molar-refractivity contribution in [3.8, 4) is 0 Å². The standard InChI is InChI=1S/C18H22F6N2O/c1-9(3-4-10(2)17(19,20)21)16-26-13-8-7-12(25-11-5-6-11)14(15(13)27-16)18(22,23)24/h8-9,11-12,14-15,25H,2-7H2,1H3. The van der Waals surface area contributed by atoms with E-state index in [1.807, 2.05) is 0 Å². The summed E-state index contributed by atoms with van der Waals surface area (Å²) < 4.78 is 84.2. The molecule has 0 saturated heterocycles. The fourth-order valence-corrected chi connectivity index (χ4v) is 3.44. The van der Waals surface area contributed by atoms with E-state index in [9.17, 15) is 26.3 Å². The van der Waals surface area contributed by atoms with Crippen molar-refractivity contribution >= 4 is 5.90 Å². The highest BCUT2D eigenvalue weighted by molar-refractivity contribution is 5.82. The van der Waals surface area contributed by atoms with E-state index >= 15 is 0 Å². The summed E-state index contributed by atoms with van der Waals surface area (Å²) in [6.45, 7) is 4.61. The number of aliphatic imine (C=N–C) groups is 1. The van der Waals surface area contributed by atoms with Crippen LogP contribution in [0.25, 0.3) is 0 Å². The van der Waals surface area contributed by atoms with Crippen LogP contribution in [0, 0.1) is 11.8 Å². The van der Waals surface area contributed by atoms with Crippen molar-refractivity contribution < 1.29 is 31.1 Å². The van der Waals surface area contributed by atoms with Crippen LogP contribution in [-0.4, -0.2) is 36.4 Å². The highest BCUT2D eigenvalue weighted by Gasteiger charge is 2.55. The molecule has 4 atom stereocenters. The summed E-state index contributed by atoms with van der Waals surface area (Å²) in [5.74, 6) is -2.18. The van der Waals surface area contributed by atoms with Gasteiger partial charge in [0.05, 0.1) is 5.70 Å². The van der Waals surface area contributed by atoms with Crippen molar-refractivity contribution in [2.75, 3.05) is 0 Å². The Balaban J connectivity index is 1.67. The average Bonchev–Trinajstić information content (AvgIpc) is 3.25. The van der Waals surface area contributed by atoms with E-state index in [2.05, 4.69) is 16.9 Å². The highest BCUT2D eigenvalue weighted by Crippen LogP contribution is 2.44. The van der Waals surface area contributed by atoms with E-state index in [-0.39, 0.29) is 36.9 Å². The van der Waals surface area contributed by atoms with Crippen LogP contribution in [0.4, 0.5) is 26.3 Å². The first-order valence-electron chi connectivity index (χ1n) is 9.00. The first-order chi connectivity index (χ1) is 12.5. The average molecular weight is 396 g/mol. The molecule has 1 aliphatic heterocycles. The van der Waals surface area contributed by atoms with Gasteiger partial charge in [0.1, 0.15) is 5.92 Å². The fourth-order valence-electron chi connectivity index (χ4n) is 3.44. The van der Waals surface area contributed by atoms with Crippen molar-refractivity contribution in [2.24, 2.45) is 16.8 Å². The zero-order valence-electron chi connectivity index (χ0n) is 14.8. The Kier molecular flexibility index (Phi) is 5.35. The van der Waals surface area contributed by atoms with Crippen molar-refractivity contribution in [1.82, 2.24) is 5.32 Å². The zero-order valence-corrected chi connectivity index (χ0v) is 14.8. The third kappa shape index (κ3) is 4.67. The normalized spacial score (nSPS) is 29.5. The van der Waals surface area contributed by atoms with E-state index < -0.39 is 41.9 Å². The van der Waals surface area contributed by atoms with Crippen LogP contribution in [-0.2, 0) is 4.74 Å². The lowest BCUT2D eigenvalue weighted by Crippen LogP contribution is -2.52. The molecule has 3 rings (SSSR count). The van der Waals surface area contributed by atoms with Gasteiger partial charge in [0.25, 0.3) is 0 Å². The maximum atomic E-state index is 13.7. The third-order valence-corrected chi connectivity index (χ3v) is 5.23. The summed E-state index contributed by atoms with van der Waals surface area (Å²) in [5.41, 5.74) is -0.644. The summed E-state index contributed by atoms with van der Waals surface area (Å²) >= 11 is 0. The number of hydrogen-bond donors (Lipinski definition) is 1. The van der Waals surface area contributed by atoms with Gasteiger partial charge < -0.3 is 10.1 Å². The van der Waals surface area contributed by atoms with Crippen LogP contribution >= 0.6 is 0 Å². The lowest BCUT2D eigenvalue weighted by molar-refractivity contribution is -0.202. The Morgan fingerprint density at radius 2 is 1.96 bits per heavy atom. The van der Waals surface area contributed by atoms with Gasteiger partial charge in [0.15, 0.2) is 12.0 Å². The summed E-state index contributed by atoms with van der Waals surface area (Å²) in [5, 5.41) is 3.03. The number of alkyl halides is 6. The van der Waals surface area contributed by atoms with E-state index in [0.717, 1.165) is 12.8 Å². The number of rotatable bonds is 6. The third-order valence-electron chi connectivity index (χ3n) is 5.23. The second kappa shape index (κ2) is 7.14. The second-order valence-electron chi connectivity index (χ2n) is 7.51. The van der Waals surface area contributed by atoms with E-state index in [0.29, 0.717) is 0 Å². The van der Waals surface area contributed by atoms with Crippen LogP contribution < -0.4 is 5.32 Å². The molecule has 0 radical (unpaired) electrons. The van der Waals surface area contributed by atoms with Crippen LogP contribution in [0.1, 0.15) is 39.0 Å². The maximum absolute atomic E-state index is 13.7. The first-order valence-corrected chi connectivity index (χ1v) is 9.00. The van der Waals surface area contributed by atoms with Gasteiger partial charge in [-0.2, -0.15) is 26.3 Å². The van der Waals surface area contributed by atoms with Crippen LogP contribution in [0.15, 0.2) is 28.9 Å². The minimum atomic E-state index is -4.47. The zero-order chi connectivity index (χ0) is 20.0. The summed E-state index contributed by atoms with van der Waals surface area (Å²) in [6, 6.07) is -0.662. The second-order valence-corrected chi connectivity index (χ2v) is 7.51. The molecule has 0 aromatic heterocycles. The molecule has 1 N–H and O–H groups in total. The molecule has 3 nitrogen and oxygen atoms in total. The summed E-state index contributed by atoms with van der Waals surface area (Å²) in [7, 11) is 0. The minimum absolute atomic E-state index is 0.0532. The number of ether oxygens (including phenoxy) is 1. The predicted molar refractivity (Wildman–Crippen MR) is 88.1 cm³/mol. The number of halogens is 6. The molecule has 3 aliphatic rings. The Morgan fingerprint density at radius 1 is 1.30 bits per heavy atom. The quantitative estimate of drug-likeness (QED) is 0.512. The van der Waals surface area contributed by atoms with Crippen molar-refractivity contribution in [1.29, 1.82) is 0 Å². The summed E-state index contributed by atoms with van der Waals surface area (Å²) in [4.78, 5) is 4.16. The van der Waals surface area contributed by atoms with Gasteiger partial charge in [-0.3, -0.25) is 0 Å². The molecular formula is C18H22F6N2O. The first kappa shape index (κ1) is 20.2. The molecule has 0 amide bonds. The molecule has 0 spiro atoms. The topological polar surface area (TPSA) is 33.6 Å². The minimum Gasteiger partial charge on any atom is -0.470 e. The highest BCUT2D eigenvalue weighted by atomic mass is 19.4. The largest absolute Gasteiger partial charge is 0.470 e. The lowest BCUT2D eigenvalue weighted by Gasteiger charge is -2.36. The smallest absolute Gasteiger partial charge is 0.412 e. The van der Waals surface area contributed by atoms with E-state index in [4.69, 9.17) is 4.74 Å². The van der Waals surface area contributed by atoms with Gasteiger partial charge in [-0.25, -0.2) is 4.99 Å². The molecule has 0 aromatic carbocycles. The number of hydrogen-bond acceptors (Lipinski definition) is 3. The van der Waals surface area contributed by atoms with Gasteiger partial charge >= 0.3 is 12.4 Å². The lowest BCUT2D eigenvalue weighted by atomic mass is 9.84. The van der Waals surface area contributed by atoms with Gasteiger partial charge in [0, 0.05) is 23.6 Å². The molecule has 0 aromatic rings. The van der Waals surface area contributed by atoms with Crippen LogP contribution in [0.3, 0.4) is 0 Å². The number of fused-ring (bicyclic) bond motifs is 1. The molecule has 9 heteroatoms. The van der Waals surface area contributed by atoms with Crippen molar-refractivity contribution in [3.05, 3.63) is 23.9 Å². The Labute approximate surface area is 153 Å². The molecule has 2 aliphatic carbocycles. The van der Waals surface area contributed by atoms with Gasteiger partial charge in [0.2, 0.25) is 0 Å². The molecule has 152 valence electrons. The fraction of sp³-hybridized carbons (Fsp3) is 0.722.